The lowest BCUT2D eigenvalue weighted by Gasteiger charge is -2.38. The summed E-state index contributed by atoms with van der Waals surface area (Å²) in [5, 5.41) is 0. The van der Waals surface area contributed by atoms with Crippen LogP contribution in [0.4, 0.5) is 5.82 Å². The predicted molar refractivity (Wildman–Crippen MR) is 74.8 cm³/mol. The summed E-state index contributed by atoms with van der Waals surface area (Å²) in [6, 6.07) is 2.02. The smallest absolute Gasteiger partial charge is 0.219 e. The van der Waals surface area contributed by atoms with Crippen LogP contribution in [0.25, 0.3) is 0 Å². The number of likely N-dealkylation sites (tertiary alicyclic amines) is 1. The van der Waals surface area contributed by atoms with E-state index in [-0.39, 0.29) is 11.8 Å². The zero-order valence-corrected chi connectivity index (χ0v) is 12.0. The molecule has 0 spiro atoms. The normalized spacial score (nSPS) is 19.9. The van der Waals surface area contributed by atoms with Gasteiger partial charge in [-0.25, -0.2) is 9.97 Å². The Bertz CT molecular complexity index is 508. The number of carbonyl (C=O) groups is 1. The number of anilines is 1. The molecule has 6 heteroatoms. The number of hydrogen-bond acceptors (Lipinski definition) is 5. The van der Waals surface area contributed by atoms with Gasteiger partial charge in [0.2, 0.25) is 5.91 Å². The molecule has 0 aliphatic carbocycles. The summed E-state index contributed by atoms with van der Waals surface area (Å²) in [6.07, 6.45) is 0. The second-order valence-electron chi connectivity index (χ2n) is 5.45. The zero-order valence-electron chi connectivity index (χ0n) is 12.0. The van der Waals surface area contributed by atoms with Gasteiger partial charge >= 0.3 is 0 Å². The van der Waals surface area contributed by atoms with Crippen molar-refractivity contribution in [2.45, 2.75) is 19.8 Å². The largest absolute Gasteiger partial charge is 0.378 e. The average Bonchev–Trinajstić information content (AvgIpc) is 2.37. The molecular formula is C14H20N4O2. The summed E-state index contributed by atoms with van der Waals surface area (Å²) in [4.78, 5) is 24.5. The molecule has 2 aliphatic heterocycles. The summed E-state index contributed by atoms with van der Waals surface area (Å²) in [7, 11) is 0. The van der Waals surface area contributed by atoms with Crippen LogP contribution in [-0.4, -0.2) is 60.2 Å². The van der Waals surface area contributed by atoms with Gasteiger partial charge < -0.3 is 14.5 Å². The Kier molecular flexibility index (Phi) is 3.56. The monoisotopic (exact) mass is 276 g/mol. The first kappa shape index (κ1) is 13.3. The predicted octanol–water partition coefficient (Wildman–Crippen LogP) is 0.567. The van der Waals surface area contributed by atoms with Crippen LogP contribution in [0.1, 0.15) is 24.4 Å². The number of morpholine rings is 1. The van der Waals surface area contributed by atoms with Gasteiger partial charge in [-0.1, -0.05) is 0 Å². The van der Waals surface area contributed by atoms with E-state index in [9.17, 15) is 4.79 Å². The lowest BCUT2D eigenvalue weighted by molar-refractivity contribution is -0.133. The number of ether oxygens (including phenoxy) is 1. The molecule has 2 saturated heterocycles. The fourth-order valence-corrected chi connectivity index (χ4v) is 2.61. The number of nitrogens with zero attached hydrogens (tertiary/aromatic N) is 4. The zero-order chi connectivity index (χ0) is 14.1. The molecule has 1 aromatic heterocycles. The molecule has 108 valence electrons. The van der Waals surface area contributed by atoms with Crippen molar-refractivity contribution in [2.75, 3.05) is 44.3 Å². The minimum absolute atomic E-state index is 0.127. The minimum Gasteiger partial charge on any atom is -0.378 e. The molecule has 2 aliphatic rings. The van der Waals surface area contributed by atoms with Gasteiger partial charge in [-0.2, -0.15) is 0 Å². The maximum absolute atomic E-state index is 11.2. The molecule has 0 atom stereocenters. The summed E-state index contributed by atoms with van der Waals surface area (Å²) in [5.41, 5.74) is 0.984. The van der Waals surface area contributed by atoms with Crippen LogP contribution in [0.5, 0.6) is 0 Å². The van der Waals surface area contributed by atoms with E-state index >= 15 is 0 Å². The third-order valence-electron chi connectivity index (χ3n) is 3.89. The van der Waals surface area contributed by atoms with E-state index in [1.165, 1.54) is 0 Å². The molecule has 6 nitrogen and oxygen atoms in total. The highest BCUT2D eigenvalue weighted by atomic mass is 16.5. The van der Waals surface area contributed by atoms with Crippen molar-refractivity contribution in [3.63, 3.8) is 0 Å². The van der Waals surface area contributed by atoms with Crippen molar-refractivity contribution in [1.82, 2.24) is 14.9 Å². The number of rotatable bonds is 2. The van der Waals surface area contributed by atoms with Gasteiger partial charge in [-0.05, 0) is 6.92 Å². The van der Waals surface area contributed by atoms with Crippen LogP contribution in [0.3, 0.4) is 0 Å². The van der Waals surface area contributed by atoms with Crippen molar-refractivity contribution in [3.8, 4) is 0 Å². The Labute approximate surface area is 118 Å². The van der Waals surface area contributed by atoms with Gasteiger partial charge in [0.25, 0.3) is 0 Å². The number of aromatic nitrogens is 2. The standard InChI is InChI=1S/C14H20N4O2/c1-10-7-13(17-3-5-20-6-4-17)16-14(15-10)12-8-18(9-12)11(2)19/h7,12H,3-6,8-9H2,1-2H3. The van der Waals surface area contributed by atoms with E-state index in [2.05, 4.69) is 9.88 Å². The average molecular weight is 276 g/mol. The van der Waals surface area contributed by atoms with Gasteiger partial charge in [-0.15, -0.1) is 0 Å². The molecule has 0 aromatic carbocycles. The maximum atomic E-state index is 11.2. The highest BCUT2D eigenvalue weighted by Crippen LogP contribution is 2.26. The van der Waals surface area contributed by atoms with Crippen LogP contribution in [0, 0.1) is 6.92 Å². The molecule has 1 amide bonds. The van der Waals surface area contributed by atoms with E-state index in [0.717, 1.165) is 56.7 Å². The molecule has 0 N–H and O–H groups in total. The Morgan fingerprint density at radius 2 is 2.00 bits per heavy atom. The van der Waals surface area contributed by atoms with Gasteiger partial charge in [0.15, 0.2) is 0 Å². The third kappa shape index (κ3) is 2.60. The van der Waals surface area contributed by atoms with Crippen LogP contribution in [0.2, 0.25) is 0 Å². The summed E-state index contributed by atoms with van der Waals surface area (Å²) >= 11 is 0. The summed E-state index contributed by atoms with van der Waals surface area (Å²) < 4.78 is 5.37. The second-order valence-corrected chi connectivity index (χ2v) is 5.45. The van der Waals surface area contributed by atoms with Gasteiger partial charge in [0, 0.05) is 44.9 Å². The Hall–Kier alpha value is -1.69. The third-order valence-corrected chi connectivity index (χ3v) is 3.89. The van der Waals surface area contributed by atoms with E-state index in [4.69, 9.17) is 9.72 Å². The molecule has 0 unspecified atom stereocenters. The Morgan fingerprint density at radius 3 is 2.65 bits per heavy atom. The van der Waals surface area contributed by atoms with Crippen molar-refractivity contribution >= 4 is 11.7 Å². The number of amides is 1. The SMILES string of the molecule is CC(=O)N1CC(c2nc(C)cc(N3CCOCC3)n2)C1. The molecule has 0 saturated carbocycles. The lowest BCUT2D eigenvalue weighted by atomic mass is 9.99. The first-order chi connectivity index (χ1) is 9.63. The van der Waals surface area contributed by atoms with Gasteiger partial charge in [-0.3, -0.25) is 4.79 Å². The number of carbonyl (C=O) groups excluding carboxylic acids is 1. The fourth-order valence-electron chi connectivity index (χ4n) is 2.61. The van der Waals surface area contributed by atoms with Gasteiger partial charge in [0.05, 0.1) is 19.1 Å². The topological polar surface area (TPSA) is 58.6 Å². The van der Waals surface area contributed by atoms with Crippen LogP contribution < -0.4 is 4.90 Å². The van der Waals surface area contributed by atoms with E-state index in [1.54, 1.807) is 6.92 Å². The number of aryl methyl sites for hydroxylation is 1. The van der Waals surface area contributed by atoms with Crippen molar-refractivity contribution < 1.29 is 9.53 Å². The maximum Gasteiger partial charge on any atom is 0.219 e. The fraction of sp³-hybridized carbons (Fsp3) is 0.643. The first-order valence-electron chi connectivity index (χ1n) is 7.07. The summed E-state index contributed by atoms with van der Waals surface area (Å²) in [5.74, 6) is 2.25. The highest BCUT2D eigenvalue weighted by Gasteiger charge is 2.32. The Morgan fingerprint density at radius 1 is 1.30 bits per heavy atom. The number of hydrogen-bond donors (Lipinski definition) is 0. The lowest BCUT2D eigenvalue weighted by Crippen LogP contribution is -2.48. The highest BCUT2D eigenvalue weighted by molar-refractivity contribution is 5.74. The Balaban J connectivity index is 1.75. The van der Waals surface area contributed by atoms with Crippen molar-refractivity contribution in [1.29, 1.82) is 0 Å². The molecule has 3 heterocycles. The summed E-state index contributed by atoms with van der Waals surface area (Å²) in [6.45, 7) is 8.33. The van der Waals surface area contributed by atoms with Crippen LogP contribution in [0.15, 0.2) is 6.07 Å². The molecule has 0 bridgehead atoms. The van der Waals surface area contributed by atoms with Crippen LogP contribution >= 0.6 is 0 Å². The van der Waals surface area contributed by atoms with Crippen molar-refractivity contribution in [3.05, 3.63) is 17.6 Å². The molecule has 2 fully saturated rings. The van der Waals surface area contributed by atoms with Gasteiger partial charge in [0.1, 0.15) is 11.6 Å². The second kappa shape index (κ2) is 5.36. The molecule has 20 heavy (non-hydrogen) atoms. The molecule has 0 radical (unpaired) electrons. The quantitative estimate of drug-likeness (QED) is 0.790. The van der Waals surface area contributed by atoms with E-state index < -0.39 is 0 Å². The van der Waals surface area contributed by atoms with E-state index in [1.807, 2.05) is 17.9 Å². The molecular weight excluding hydrogens is 256 g/mol. The minimum atomic E-state index is 0.127. The molecule has 3 rings (SSSR count). The van der Waals surface area contributed by atoms with Crippen molar-refractivity contribution in [2.24, 2.45) is 0 Å². The van der Waals surface area contributed by atoms with Crippen LogP contribution in [-0.2, 0) is 9.53 Å². The first-order valence-corrected chi connectivity index (χ1v) is 7.07. The van der Waals surface area contributed by atoms with E-state index in [0.29, 0.717) is 0 Å². The molecule has 1 aromatic rings.